The van der Waals surface area contributed by atoms with Gasteiger partial charge in [0.1, 0.15) is 23.4 Å². The summed E-state index contributed by atoms with van der Waals surface area (Å²) in [5.41, 5.74) is 2.08. The van der Waals surface area contributed by atoms with Crippen molar-refractivity contribution in [3.63, 3.8) is 0 Å². The lowest BCUT2D eigenvalue weighted by molar-refractivity contribution is -0.122. The second-order valence-electron chi connectivity index (χ2n) is 8.69. The summed E-state index contributed by atoms with van der Waals surface area (Å²) >= 11 is 0. The molecule has 0 spiro atoms. The summed E-state index contributed by atoms with van der Waals surface area (Å²) in [4.78, 5) is 17.3. The van der Waals surface area contributed by atoms with Gasteiger partial charge < -0.3 is 14.8 Å². The van der Waals surface area contributed by atoms with Crippen LogP contribution >= 0.6 is 0 Å². The molecule has 0 aliphatic carbocycles. The fraction of sp³-hybridized carbons (Fsp3) is 0.480. The van der Waals surface area contributed by atoms with Crippen LogP contribution in [0.4, 0.5) is 4.39 Å². The highest BCUT2D eigenvalue weighted by atomic mass is 19.1. The normalized spacial score (nSPS) is 20.2. The van der Waals surface area contributed by atoms with Crippen molar-refractivity contribution in [2.45, 2.75) is 38.5 Å². The number of hydrogen-bond acceptors (Lipinski definition) is 5. The summed E-state index contributed by atoms with van der Waals surface area (Å²) in [6.07, 6.45) is 2.27. The molecule has 6 nitrogen and oxygen atoms in total. The molecular weight excluding hydrogens is 409 g/mol. The Morgan fingerprint density at radius 2 is 1.97 bits per heavy atom. The molecule has 0 saturated carbocycles. The topological polar surface area (TPSA) is 54.0 Å². The number of fused-ring (bicyclic) bond motifs is 1. The number of benzene rings is 2. The van der Waals surface area contributed by atoms with Crippen LogP contribution in [0.3, 0.4) is 0 Å². The highest BCUT2D eigenvalue weighted by Crippen LogP contribution is 2.29. The van der Waals surface area contributed by atoms with Crippen LogP contribution in [-0.2, 0) is 11.3 Å². The first-order chi connectivity index (χ1) is 15.5. The average Bonchev–Trinajstić information content (AvgIpc) is 3.25. The van der Waals surface area contributed by atoms with E-state index in [0.717, 1.165) is 48.6 Å². The second kappa shape index (κ2) is 10.3. The molecule has 0 bridgehead atoms. The molecule has 2 aliphatic rings. The minimum atomic E-state index is -0.242. The first-order valence-electron chi connectivity index (χ1n) is 11.3. The van der Waals surface area contributed by atoms with Gasteiger partial charge in [-0.2, -0.15) is 0 Å². The lowest BCUT2D eigenvalue weighted by Gasteiger charge is -2.29. The van der Waals surface area contributed by atoms with E-state index in [2.05, 4.69) is 15.1 Å². The third-order valence-electron chi connectivity index (χ3n) is 6.21. The number of rotatable bonds is 7. The van der Waals surface area contributed by atoms with Crippen LogP contribution in [0.2, 0.25) is 0 Å². The van der Waals surface area contributed by atoms with Crippen molar-refractivity contribution in [2.24, 2.45) is 0 Å². The van der Waals surface area contributed by atoms with E-state index in [1.54, 1.807) is 7.11 Å². The van der Waals surface area contributed by atoms with E-state index in [-0.39, 0.29) is 23.9 Å². The number of nitrogens with zero attached hydrogens (tertiary/aromatic N) is 2. The van der Waals surface area contributed by atoms with Gasteiger partial charge in [-0.05, 0) is 56.6 Å². The van der Waals surface area contributed by atoms with Crippen LogP contribution in [0.15, 0.2) is 42.5 Å². The Kier molecular flexibility index (Phi) is 7.27. The zero-order valence-corrected chi connectivity index (χ0v) is 18.9. The fourth-order valence-electron chi connectivity index (χ4n) is 4.61. The minimum Gasteiger partial charge on any atom is -0.497 e. The molecule has 0 aromatic heterocycles. The molecule has 0 unspecified atom stereocenters. The van der Waals surface area contributed by atoms with Crippen LogP contribution in [0.1, 0.15) is 36.9 Å². The molecule has 172 valence electrons. The molecule has 1 N–H and O–H groups in total. The number of likely N-dealkylation sites (tertiary alicyclic amines) is 1. The number of methoxy groups -OCH3 is 1. The zero-order chi connectivity index (χ0) is 22.5. The van der Waals surface area contributed by atoms with E-state index in [1.165, 1.54) is 12.1 Å². The van der Waals surface area contributed by atoms with E-state index in [4.69, 9.17) is 9.47 Å². The Balaban J connectivity index is 1.38. The SMILES string of the molecule is COc1ccc2c(c1)O[C@@H](C)CN(CC(=O)NC[C@H](c1ccc(F)cc1)N1CCCC1)C2. The molecule has 32 heavy (non-hydrogen) atoms. The van der Waals surface area contributed by atoms with Crippen molar-refractivity contribution in [3.8, 4) is 11.5 Å². The first kappa shape index (κ1) is 22.6. The molecule has 2 aromatic rings. The molecule has 2 aliphatic heterocycles. The Morgan fingerprint density at radius 1 is 1.22 bits per heavy atom. The van der Waals surface area contributed by atoms with E-state index in [9.17, 15) is 9.18 Å². The van der Waals surface area contributed by atoms with Gasteiger partial charge in [0.25, 0.3) is 0 Å². The molecule has 1 fully saturated rings. The summed E-state index contributed by atoms with van der Waals surface area (Å²) < 4.78 is 24.8. The van der Waals surface area contributed by atoms with Gasteiger partial charge in [0.15, 0.2) is 0 Å². The third kappa shape index (κ3) is 5.58. The number of hydrogen-bond donors (Lipinski definition) is 1. The van der Waals surface area contributed by atoms with Gasteiger partial charge in [0.2, 0.25) is 5.91 Å². The fourth-order valence-corrected chi connectivity index (χ4v) is 4.61. The quantitative estimate of drug-likeness (QED) is 0.714. The molecule has 2 aromatic carbocycles. The van der Waals surface area contributed by atoms with Gasteiger partial charge in [0, 0.05) is 31.3 Å². The summed E-state index contributed by atoms with van der Waals surface area (Å²) in [5.74, 6) is 1.31. The Morgan fingerprint density at radius 3 is 2.69 bits per heavy atom. The van der Waals surface area contributed by atoms with E-state index in [1.807, 2.05) is 37.3 Å². The van der Waals surface area contributed by atoms with Crippen molar-refractivity contribution in [1.82, 2.24) is 15.1 Å². The van der Waals surface area contributed by atoms with E-state index < -0.39 is 0 Å². The lowest BCUT2D eigenvalue weighted by Crippen LogP contribution is -2.43. The lowest BCUT2D eigenvalue weighted by atomic mass is 10.1. The second-order valence-corrected chi connectivity index (χ2v) is 8.69. The Labute approximate surface area is 189 Å². The average molecular weight is 442 g/mol. The first-order valence-corrected chi connectivity index (χ1v) is 11.3. The van der Waals surface area contributed by atoms with Gasteiger partial charge in [-0.1, -0.05) is 18.2 Å². The maximum absolute atomic E-state index is 13.4. The summed E-state index contributed by atoms with van der Waals surface area (Å²) in [6.45, 7) is 6.13. The third-order valence-corrected chi connectivity index (χ3v) is 6.21. The van der Waals surface area contributed by atoms with Crippen LogP contribution in [0, 0.1) is 5.82 Å². The van der Waals surface area contributed by atoms with Gasteiger partial charge in [-0.3, -0.25) is 14.6 Å². The molecule has 2 heterocycles. The van der Waals surface area contributed by atoms with Gasteiger partial charge in [-0.15, -0.1) is 0 Å². The Bertz CT molecular complexity index is 915. The van der Waals surface area contributed by atoms with Crippen molar-refractivity contribution < 1.29 is 18.7 Å². The number of ether oxygens (including phenoxy) is 2. The zero-order valence-electron chi connectivity index (χ0n) is 18.9. The summed E-state index contributed by atoms with van der Waals surface area (Å²) in [5, 5.41) is 3.12. The summed E-state index contributed by atoms with van der Waals surface area (Å²) in [6, 6.07) is 12.5. The summed E-state index contributed by atoms with van der Waals surface area (Å²) in [7, 11) is 1.64. The van der Waals surface area contributed by atoms with Gasteiger partial charge in [-0.25, -0.2) is 4.39 Å². The highest BCUT2D eigenvalue weighted by molar-refractivity contribution is 5.78. The maximum atomic E-state index is 13.4. The van der Waals surface area contributed by atoms with E-state index in [0.29, 0.717) is 26.2 Å². The molecule has 7 heteroatoms. The molecular formula is C25H32FN3O3. The highest BCUT2D eigenvalue weighted by Gasteiger charge is 2.26. The van der Waals surface area contributed by atoms with Crippen LogP contribution in [-0.4, -0.2) is 61.6 Å². The van der Waals surface area contributed by atoms with Crippen LogP contribution in [0.5, 0.6) is 11.5 Å². The van der Waals surface area contributed by atoms with Crippen molar-refractivity contribution in [2.75, 3.05) is 39.8 Å². The molecule has 4 rings (SSSR count). The predicted molar refractivity (Wildman–Crippen MR) is 121 cm³/mol. The molecule has 1 amide bonds. The largest absolute Gasteiger partial charge is 0.497 e. The minimum absolute atomic E-state index is 0.0135. The van der Waals surface area contributed by atoms with Gasteiger partial charge in [0.05, 0.1) is 19.7 Å². The van der Waals surface area contributed by atoms with Crippen molar-refractivity contribution in [1.29, 1.82) is 0 Å². The smallest absolute Gasteiger partial charge is 0.234 e. The monoisotopic (exact) mass is 441 g/mol. The van der Waals surface area contributed by atoms with E-state index >= 15 is 0 Å². The molecule has 0 radical (unpaired) electrons. The number of nitrogens with one attached hydrogen (secondary N) is 1. The molecule has 2 atom stereocenters. The maximum Gasteiger partial charge on any atom is 0.234 e. The van der Waals surface area contributed by atoms with Crippen LogP contribution < -0.4 is 14.8 Å². The van der Waals surface area contributed by atoms with Crippen molar-refractivity contribution in [3.05, 3.63) is 59.4 Å². The van der Waals surface area contributed by atoms with Crippen molar-refractivity contribution >= 4 is 5.91 Å². The number of halogens is 1. The van der Waals surface area contributed by atoms with Crippen LogP contribution in [0.25, 0.3) is 0 Å². The number of carbonyl (C=O) groups is 1. The number of amides is 1. The predicted octanol–water partition coefficient (Wildman–Crippen LogP) is 3.37. The number of carbonyl (C=O) groups excluding carboxylic acids is 1. The molecule has 1 saturated heterocycles. The standard InChI is InChI=1S/C25H32FN3O3/c1-18-15-28(16-20-7-10-22(31-2)13-24(20)32-18)17-25(30)27-14-23(29-11-3-4-12-29)19-5-8-21(26)9-6-19/h5-10,13,18,23H,3-4,11-12,14-17H2,1-2H3,(H,27,30)/t18-,23+/m0/s1. The Hall–Kier alpha value is -2.64. The van der Waals surface area contributed by atoms with Gasteiger partial charge >= 0.3 is 0 Å².